The van der Waals surface area contributed by atoms with Crippen LogP contribution < -0.4 is 10.6 Å². The molecule has 134 valence electrons. The monoisotopic (exact) mass is 355 g/mol. The number of carbonyl (C=O) groups is 2. The highest BCUT2D eigenvalue weighted by molar-refractivity contribution is 7.89. The maximum Gasteiger partial charge on any atom is 0.251 e. The van der Waals surface area contributed by atoms with Crippen molar-refractivity contribution in [3.63, 3.8) is 0 Å². The smallest absolute Gasteiger partial charge is 0.251 e. The standard InChI is InChI=1S/C16H25N3O4S/c1-7-17-15(20)12(4)18-16(21)13-8-10(2)11(3)14(9-13)24(22,23)19(5)6/h8-9,12H,7H2,1-6H3,(H,17,20)(H,18,21)/t12-/m1/s1. The van der Waals surface area contributed by atoms with Gasteiger partial charge in [0.2, 0.25) is 15.9 Å². The van der Waals surface area contributed by atoms with Gasteiger partial charge in [0.1, 0.15) is 6.04 Å². The van der Waals surface area contributed by atoms with E-state index in [1.807, 2.05) is 0 Å². The van der Waals surface area contributed by atoms with Gasteiger partial charge in [0, 0.05) is 26.2 Å². The normalized spacial score (nSPS) is 12.8. The molecule has 0 spiro atoms. The second-order valence-electron chi connectivity index (χ2n) is 5.79. The Bertz CT molecular complexity index is 742. The Morgan fingerprint density at radius 2 is 1.79 bits per heavy atom. The molecule has 0 aromatic heterocycles. The molecule has 0 aliphatic carbocycles. The molecule has 1 aromatic carbocycles. The summed E-state index contributed by atoms with van der Waals surface area (Å²) in [5, 5.41) is 5.19. The van der Waals surface area contributed by atoms with Crippen LogP contribution in [-0.4, -0.2) is 51.2 Å². The van der Waals surface area contributed by atoms with Gasteiger partial charge in [-0.25, -0.2) is 12.7 Å². The van der Waals surface area contributed by atoms with E-state index in [1.54, 1.807) is 33.8 Å². The van der Waals surface area contributed by atoms with Gasteiger partial charge in [-0.15, -0.1) is 0 Å². The lowest BCUT2D eigenvalue weighted by Gasteiger charge is -2.18. The Morgan fingerprint density at radius 3 is 2.29 bits per heavy atom. The first-order valence-corrected chi connectivity index (χ1v) is 9.08. The lowest BCUT2D eigenvalue weighted by Crippen LogP contribution is -2.44. The van der Waals surface area contributed by atoms with Crippen LogP contribution in [0.4, 0.5) is 0 Å². The van der Waals surface area contributed by atoms with Crippen molar-refractivity contribution in [1.82, 2.24) is 14.9 Å². The minimum absolute atomic E-state index is 0.0864. The van der Waals surface area contributed by atoms with Gasteiger partial charge >= 0.3 is 0 Å². The molecule has 0 aliphatic heterocycles. The van der Waals surface area contributed by atoms with E-state index in [0.717, 1.165) is 4.31 Å². The van der Waals surface area contributed by atoms with Crippen molar-refractivity contribution < 1.29 is 18.0 Å². The topological polar surface area (TPSA) is 95.6 Å². The summed E-state index contributed by atoms with van der Waals surface area (Å²) in [7, 11) is -0.788. The van der Waals surface area contributed by atoms with E-state index >= 15 is 0 Å². The van der Waals surface area contributed by atoms with E-state index in [2.05, 4.69) is 10.6 Å². The van der Waals surface area contributed by atoms with E-state index in [-0.39, 0.29) is 16.4 Å². The van der Waals surface area contributed by atoms with Gasteiger partial charge in [-0.05, 0) is 51.0 Å². The van der Waals surface area contributed by atoms with Crippen molar-refractivity contribution in [2.24, 2.45) is 0 Å². The Balaban J connectivity index is 3.21. The quantitative estimate of drug-likeness (QED) is 0.789. The second kappa shape index (κ2) is 7.76. The molecule has 1 atom stereocenters. The molecule has 7 nitrogen and oxygen atoms in total. The predicted molar refractivity (Wildman–Crippen MR) is 92.4 cm³/mol. The zero-order valence-corrected chi connectivity index (χ0v) is 15.7. The van der Waals surface area contributed by atoms with Crippen LogP contribution in [0.3, 0.4) is 0 Å². The molecule has 2 amide bonds. The number of likely N-dealkylation sites (N-methyl/N-ethyl adjacent to an activating group) is 1. The van der Waals surface area contributed by atoms with Crippen LogP contribution in [0.2, 0.25) is 0 Å². The molecule has 0 saturated carbocycles. The van der Waals surface area contributed by atoms with Crippen molar-refractivity contribution in [1.29, 1.82) is 0 Å². The van der Waals surface area contributed by atoms with Crippen molar-refractivity contribution in [2.75, 3.05) is 20.6 Å². The minimum Gasteiger partial charge on any atom is -0.355 e. The van der Waals surface area contributed by atoms with Crippen LogP contribution in [0.15, 0.2) is 17.0 Å². The van der Waals surface area contributed by atoms with Crippen molar-refractivity contribution >= 4 is 21.8 Å². The summed E-state index contributed by atoms with van der Waals surface area (Å²) >= 11 is 0. The van der Waals surface area contributed by atoms with E-state index in [0.29, 0.717) is 17.7 Å². The van der Waals surface area contributed by atoms with Crippen LogP contribution in [0.25, 0.3) is 0 Å². The number of nitrogens with one attached hydrogen (secondary N) is 2. The molecule has 0 bridgehead atoms. The lowest BCUT2D eigenvalue weighted by molar-refractivity contribution is -0.122. The summed E-state index contributed by atoms with van der Waals surface area (Å²) in [6.07, 6.45) is 0. The zero-order valence-electron chi connectivity index (χ0n) is 14.9. The van der Waals surface area contributed by atoms with Crippen molar-refractivity contribution in [2.45, 2.75) is 38.6 Å². The molecule has 24 heavy (non-hydrogen) atoms. The highest BCUT2D eigenvalue weighted by Gasteiger charge is 2.24. The maximum atomic E-state index is 12.4. The number of hydrogen-bond donors (Lipinski definition) is 2. The van der Waals surface area contributed by atoms with Gasteiger partial charge < -0.3 is 10.6 Å². The first kappa shape index (κ1) is 20.1. The molecule has 0 unspecified atom stereocenters. The van der Waals surface area contributed by atoms with E-state index in [9.17, 15) is 18.0 Å². The highest BCUT2D eigenvalue weighted by Crippen LogP contribution is 2.23. The number of rotatable bonds is 6. The summed E-state index contributed by atoms with van der Waals surface area (Å²) < 4.78 is 26.0. The predicted octanol–water partition coefficient (Wildman–Crippen LogP) is 0.808. The summed E-state index contributed by atoms with van der Waals surface area (Å²) in [5.41, 5.74) is 1.49. The van der Waals surface area contributed by atoms with Gasteiger partial charge in [0.25, 0.3) is 5.91 Å². The molecule has 1 rings (SSSR count). The van der Waals surface area contributed by atoms with E-state index in [1.165, 1.54) is 20.2 Å². The Hall–Kier alpha value is -1.93. The number of sulfonamides is 1. The fourth-order valence-corrected chi connectivity index (χ4v) is 3.31. The number of carbonyl (C=O) groups excluding carboxylic acids is 2. The zero-order chi connectivity index (χ0) is 18.7. The number of nitrogens with zero attached hydrogens (tertiary/aromatic N) is 1. The molecular weight excluding hydrogens is 330 g/mol. The first-order chi connectivity index (χ1) is 11.0. The third-order valence-electron chi connectivity index (χ3n) is 3.73. The Kier molecular flexibility index (Phi) is 6.50. The number of hydrogen-bond acceptors (Lipinski definition) is 4. The molecule has 0 heterocycles. The average Bonchev–Trinajstić information content (AvgIpc) is 2.49. The third kappa shape index (κ3) is 4.33. The Labute approximate surface area is 143 Å². The van der Waals surface area contributed by atoms with Gasteiger partial charge in [0.05, 0.1) is 4.90 Å². The lowest BCUT2D eigenvalue weighted by atomic mass is 10.1. The van der Waals surface area contributed by atoms with Crippen LogP contribution in [0.1, 0.15) is 35.3 Å². The summed E-state index contributed by atoms with van der Waals surface area (Å²) in [5.74, 6) is -0.789. The fourth-order valence-electron chi connectivity index (χ4n) is 2.10. The average molecular weight is 355 g/mol. The molecule has 1 aromatic rings. The van der Waals surface area contributed by atoms with E-state index in [4.69, 9.17) is 0 Å². The molecule has 8 heteroatoms. The molecule has 0 aliphatic rings. The van der Waals surface area contributed by atoms with Crippen molar-refractivity contribution in [3.05, 3.63) is 28.8 Å². The van der Waals surface area contributed by atoms with E-state index < -0.39 is 22.0 Å². The SMILES string of the molecule is CCNC(=O)[C@@H](C)NC(=O)c1cc(C)c(C)c(S(=O)(=O)N(C)C)c1. The highest BCUT2D eigenvalue weighted by atomic mass is 32.2. The molecule has 2 N–H and O–H groups in total. The third-order valence-corrected chi connectivity index (χ3v) is 5.67. The number of aryl methyl sites for hydroxylation is 1. The van der Waals surface area contributed by atoms with Gasteiger partial charge in [-0.2, -0.15) is 0 Å². The molecule has 0 fully saturated rings. The number of amides is 2. The summed E-state index contributed by atoms with van der Waals surface area (Å²) in [4.78, 5) is 24.2. The van der Waals surface area contributed by atoms with Crippen LogP contribution in [0.5, 0.6) is 0 Å². The molecular formula is C16H25N3O4S. The molecule has 0 radical (unpaired) electrons. The largest absolute Gasteiger partial charge is 0.355 e. The number of benzene rings is 1. The molecule has 0 saturated heterocycles. The van der Waals surface area contributed by atoms with Crippen LogP contribution in [0, 0.1) is 13.8 Å². The maximum absolute atomic E-state index is 12.4. The van der Waals surface area contributed by atoms with Gasteiger partial charge in [0.15, 0.2) is 0 Å². The minimum atomic E-state index is -3.67. The summed E-state index contributed by atoms with van der Waals surface area (Å²) in [6, 6.07) is 2.24. The van der Waals surface area contributed by atoms with Crippen LogP contribution >= 0.6 is 0 Å². The fraction of sp³-hybridized carbons (Fsp3) is 0.500. The van der Waals surface area contributed by atoms with Crippen LogP contribution in [-0.2, 0) is 14.8 Å². The second-order valence-corrected chi connectivity index (χ2v) is 7.91. The Morgan fingerprint density at radius 1 is 1.21 bits per heavy atom. The first-order valence-electron chi connectivity index (χ1n) is 7.64. The summed E-state index contributed by atoms with van der Waals surface area (Å²) in [6.45, 7) is 7.27. The van der Waals surface area contributed by atoms with Crippen molar-refractivity contribution in [3.8, 4) is 0 Å². The van der Waals surface area contributed by atoms with Gasteiger partial charge in [-0.1, -0.05) is 0 Å². The van der Waals surface area contributed by atoms with Gasteiger partial charge in [-0.3, -0.25) is 9.59 Å².